The van der Waals surface area contributed by atoms with Gasteiger partial charge in [-0.3, -0.25) is 9.59 Å². The maximum Gasteiger partial charge on any atom is 0.342 e. The average Bonchev–Trinajstić information content (AvgIpc) is 3.00. The molecule has 3 rings (SSSR count). The number of amides is 2. The van der Waals surface area contributed by atoms with Crippen LogP contribution in [0.1, 0.15) is 47.5 Å². The van der Waals surface area contributed by atoms with Gasteiger partial charge in [0.1, 0.15) is 5.00 Å². The highest BCUT2D eigenvalue weighted by molar-refractivity contribution is 7.17. The molecule has 0 bridgehead atoms. The molecule has 1 aromatic carbocycles. The van der Waals surface area contributed by atoms with Crippen molar-refractivity contribution in [3.63, 3.8) is 0 Å². The lowest BCUT2D eigenvalue weighted by Crippen LogP contribution is -2.30. The molecule has 8 heteroatoms. The number of aryl methyl sites for hydroxylation is 1. The monoisotopic (exact) mass is 420 g/mol. The first-order valence-electron chi connectivity index (χ1n) is 9.04. The van der Waals surface area contributed by atoms with E-state index < -0.39 is 18.0 Å². The summed E-state index contributed by atoms with van der Waals surface area (Å²) >= 11 is 7.25. The maximum atomic E-state index is 12.8. The molecule has 2 aromatic rings. The van der Waals surface area contributed by atoms with Gasteiger partial charge in [0, 0.05) is 22.5 Å². The molecule has 0 unspecified atom stereocenters. The largest absolute Gasteiger partial charge is 0.449 e. The Bertz CT molecular complexity index is 908. The molecule has 2 amide bonds. The first-order chi connectivity index (χ1) is 13.3. The second-order valence-electron chi connectivity index (χ2n) is 6.64. The number of rotatable bonds is 5. The molecule has 0 saturated heterocycles. The quantitative estimate of drug-likeness (QED) is 0.701. The molecule has 1 aliphatic carbocycles. The number of fused-ring (bicyclic) bond motifs is 1. The van der Waals surface area contributed by atoms with E-state index in [0.717, 1.165) is 36.1 Å². The Balaban J connectivity index is 1.74. The van der Waals surface area contributed by atoms with Gasteiger partial charge in [0.05, 0.1) is 5.56 Å². The number of halogens is 1. The van der Waals surface area contributed by atoms with Crippen molar-refractivity contribution in [2.24, 2.45) is 0 Å². The zero-order valence-corrected chi connectivity index (χ0v) is 17.2. The fourth-order valence-corrected chi connectivity index (χ4v) is 4.53. The van der Waals surface area contributed by atoms with Gasteiger partial charge in [0.25, 0.3) is 5.91 Å². The van der Waals surface area contributed by atoms with Gasteiger partial charge < -0.3 is 15.4 Å². The van der Waals surface area contributed by atoms with E-state index in [1.807, 2.05) is 0 Å². The molecule has 0 radical (unpaired) electrons. The van der Waals surface area contributed by atoms with Crippen LogP contribution in [-0.4, -0.2) is 23.9 Å². The third kappa shape index (κ3) is 4.72. The van der Waals surface area contributed by atoms with Crippen LogP contribution in [0.3, 0.4) is 0 Å². The molecule has 0 aliphatic heterocycles. The molecule has 1 atom stereocenters. The Morgan fingerprint density at radius 3 is 2.46 bits per heavy atom. The van der Waals surface area contributed by atoms with E-state index in [9.17, 15) is 14.4 Å². The summed E-state index contributed by atoms with van der Waals surface area (Å²) in [4.78, 5) is 37.8. The fraction of sp³-hybridized carbons (Fsp3) is 0.350. The Morgan fingerprint density at radius 2 is 1.79 bits per heavy atom. The van der Waals surface area contributed by atoms with Crippen LogP contribution in [0.2, 0.25) is 5.02 Å². The first-order valence-corrected chi connectivity index (χ1v) is 10.2. The van der Waals surface area contributed by atoms with Crippen LogP contribution in [0.25, 0.3) is 0 Å². The highest BCUT2D eigenvalue weighted by Crippen LogP contribution is 2.38. The van der Waals surface area contributed by atoms with Crippen molar-refractivity contribution in [2.45, 2.75) is 45.6 Å². The number of anilines is 2. The summed E-state index contributed by atoms with van der Waals surface area (Å²) in [5.41, 5.74) is 1.86. The van der Waals surface area contributed by atoms with Crippen LogP contribution < -0.4 is 10.6 Å². The number of hydrogen-bond donors (Lipinski definition) is 2. The number of ether oxygens (including phenoxy) is 1. The Morgan fingerprint density at radius 1 is 1.11 bits per heavy atom. The minimum atomic E-state index is -0.993. The lowest BCUT2D eigenvalue weighted by molar-refractivity contribution is -0.123. The summed E-state index contributed by atoms with van der Waals surface area (Å²) in [6.45, 7) is 2.91. The van der Waals surface area contributed by atoms with Gasteiger partial charge in [-0.1, -0.05) is 11.6 Å². The Labute approximate surface area is 172 Å². The lowest BCUT2D eigenvalue weighted by Gasteiger charge is -2.16. The summed E-state index contributed by atoms with van der Waals surface area (Å²) in [6, 6.07) is 6.65. The van der Waals surface area contributed by atoms with Crippen LogP contribution in [-0.2, 0) is 27.2 Å². The van der Waals surface area contributed by atoms with Gasteiger partial charge in [-0.15, -0.1) is 11.3 Å². The van der Waals surface area contributed by atoms with E-state index >= 15 is 0 Å². The predicted octanol–water partition coefficient (Wildman–Crippen LogP) is 4.42. The molecule has 28 heavy (non-hydrogen) atoms. The Hall–Kier alpha value is -2.38. The molecule has 148 valence electrons. The van der Waals surface area contributed by atoms with Crippen LogP contribution >= 0.6 is 22.9 Å². The van der Waals surface area contributed by atoms with E-state index in [1.165, 1.54) is 25.2 Å². The van der Waals surface area contributed by atoms with Gasteiger partial charge in [-0.25, -0.2) is 4.79 Å². The van der Waals surface area contributed by atoms with E-state index in [0.29, 0.717) is 21.3 Å². The van der Waals surface area contributed by atoms with Crippen LogP contribution in [0.5, 0.6) is 0 Å². The average molecular weight is 421 g/mol. The molecule has 1 aromatic heterocycles. The summed E-state index contributed by atoms with van der Waals surface area (Å²) in [6.07, 6.45) is 2.69. The van der Waals surface area contributed by atoms with E-state index in [-0.39, 0.29) is 5.91 Å². The number of thiophene rings is 1. The Kier molecular flexibility index (Phi) is 6.36. The van der Waals surface area contributed by atoms with Crippen molar-refractivity contribution in [1.29, 1.82) is 0 Å². The van der Waals surface area contributed by atoms with Gasteiger partial charge >= 0.3 is 5.97 Å². The maximum absolute atomic E-state index is 12.8. The number of benzene rings is 1. The zero-order valence-electron chi connectivity index (χ0n) is 15.6. The van der Waals surface area contributed by atoms with Crippen molar-refractivity contribution in [3.8, 4) is 0 Å². The van der Waals surface area contributed by atoms with Crippen molar-refractivity contribution in [1.82, 2.24) is 0 Å². The third-order valence-electron chi connectivity index (χ3n) is 4.43. The molecule has 0 saturated carbocycles. The van der Waals surface area contributed by atoms with Gasteiger partial charge in [0.2, 0.25) is 5.91 Å². The number of esters is 1. The molecular formula is C20H21ClN2O4S. The second-order valence-corrected chi connectivity index (χ2v) is 8.18. The van der Waals surface area contributed by atoms with Crippen molar-refractivity contribution in [2.75, 3.05) is 10.6 Å². The molecule has 0 fully saturated rings. The molecular weight excluding hydrogens is 400 g/mol. The van der Waals surface area contributed by atoms with Crippen LogP contribution in [0.15, 0.2) is 24.3 Å². The van der Waals surface area contributed by atoms with E-state index in [1.54, 1.807) is 24.3 Å². The van der Waals surface area contributed by atoms with Crippen molar-refractivity contribution in [3.05, 3.63) is 45.3 Å². The molecule has 6 nitrogen and oxygen atoms in total. The SMILES string of the molecule is CC(=O)Nc1sc2c(c1C(=O)O[C@@H](C)C(=O)Nc1ccc(Cl)cc1)CCCC2. The van der Waals surface area contributed by atoms with Crippen molar-refractivity contribution >= 4 is 51.4 Å². The summed E-state index contributed by atoms with van der Waals surface area (Å²) in [7, 11) is 0. The minimum Gasteiger partial charge on any atom is -0.449 e. The fourth-order valence-electron chi connectivity index (χ4n) is 3.08. The normalized spacial score (nSPS) is 14.0. The highest BCUT2D eigenvalue weighted by Gasteiger charge is 2.29. The van der Waals surface area contributed by atoms with E-state index in [4.69, 9.17) is 16.3 Å². The molecule has 0 spiro atoms. The number of carbonyl (C=O) groups excluding carboxylic acids is 3. The summed E-state index contributed by atoms with van der Waals surface area (Å²) < 4.78 is 5.42. The second kappa shape index (κ2) is 8.75. The lowest BCUT2D eigenvalue weighted by atomic mass is 9.95. The van der Waals surface area contributed by atoms with Crippen LogP contribution in [0, 0.1) is 0 Å². The molecule has 1 aliphatic rings. The zero-order chi connectivity index (χ0) is 20.3. The standard InChI is InChI=1S/C20H21ClN2O4S/c1-11(18(25)23-14-9-7-13(21)8-10-14)27-20(26)17-15-5-3-4-6-16(15)28-19(17)22-12(2)24/h7-11H,3-6H2,1-2H3,(H,22,24)(H,23,25)/t11-/m0/s1. The van der Waals surface area contributed by atoms with E-state index in [2.05, 4.69) is 10.6 Å². The topological polar surface area (TPSA) is 84.5 Å². The van der Waals surface area contributed by atoms with Crippen molar-refractivity contribution < 1.29 is 19.1 Å². The number of carbonyl (C=O) groups is 3. The predicted molar refractivity (Wildman–Crippen MR) is 110 cm³/mol. The number of nitrogens with one attached hydrogen (secondary N) is 2. The summed E-state index contributed by atoms with van der Waals surface area (Å²) in [5, 5.41) is 6.47. The van der Waals surface area contributed by atoms with Gasteiger partial charge in [0.15, 0.2) is 6.10 Å². The third-order valence-corrected chi connectivity index (χ3v) is 5.89. The molecule has 1 heterocycles. The molecule has 2 N–H and O–H groups in total. The summed E-state index contributed by atoms with van der Waals surface area (Å²) in [5.74, 6) is -1.29. The first kappa shape index (κ1) is 20.4. The number of hydrogen-bond acceptors (Lipinski definition) is 5. The minimum absolute atomic E-state index is 0.249. The van der Waals surface area contributed by atoms with Gasteiger partial charge in [-0.05, 0) is 62.4 Å². The smallest absolute Gasteiger partial charge is 0.342 e. The van der Waals surface area contributed by atoms with Gasteiger partial charge in [-0.2, -0.15) is 0 Å². The van der Waals surface area contributed by atoms with Crippen LogP contribution in [0.4, 0.5) is 10.7 Å². The highest BCUT2D eigenvalue weighted by atomic mass is 35.5.